The summed E-state index contributed by atoms with van der Waals surface area (Å²) in [6.45, 7) is 0. The van der Waals surface area contributed by atoms with Crippen LogP contribution in [0.5, 0.6) is 0 Å². The zero-order chi connectivity index (χ0) is 14.2. The number of thioether (sulfide) groups is 1. The molecule has 0 amide bonds. The Kier molecular flexibility index (Phi) is 3.82. The maximum Gasteiger partial charge on any atom is 0.0668 e. The van der Waals surface area contributed by atoms with E-state index in [4.69, 9.17) is 0 Å². The van der Waals surface area contributed by atoms with Gasteiger partial charge in [0.2, 0.25) is 0 Å². The standard InChI is InChI=1S/C18H21NS2/c1-19-18(14-6-5-12-3-2-4-13(12)9-14)17-10-15-11-20-8-7-16(15)21-17/h5-6,9-10,18-19H,2-4,7-8,11H2,1H3. The topological polar surface area (TPSA) is 12.0 Å². The van der Waals surface area contributed by atoms with Gasteiger partial charge in [-0.2, -0.15) is 11.8 Å². The molecule has 0 radical (unpaired) electrons. The summed E-state index contributed by atoms with van der Waals surface area (Å²) in [6, 6.07) is 9.93. The van der Waals surface area contributed by atoms with E-state index in [1.54, 1.807) is 21.6 Å². The smallest absolute Gasteiger partial charge is 0.0668 e. The quantitative estimate of drug-likeness (QED) is 0.904. The molecule has 1 unspecified atom stereocenters. The Morgan fingerprint density at radius 3 is 2.81 bits per heavy atom. The minimum absolute atomic E-state index is 0.358. The molecule has 2 aromatic rings. The van der Waals surface area contributed by atoms with E-state index in [1.807, 2.05) is 11.3 Å². The molecule has 1 aromatic heterocycles. The first kappa shape index (κ1) is 13.9. The fraction of sp³-hybridized carbons (Fsp3) is 0.444. The Morgan fingerprint density at radius 2 is 1.95 bits per heavy atom. The van der Waals surface area contributed by atoms with Crippen molar-refractivity contribution in [3.63, 3.8) is 0 Å². The monoisotopic (exact) mass is 315 g/mol. The number of benzene rings is 1. The number of aryl methyl sites for hydroxylation is 3. The Labute approximate surface area is 135 Å². The number of rotatable bonds is 3. The third kappa shape index (κ3) is 2.56. The van der Waals surface area contributed by atoms with Crippen LogP contribution in [-0.4, -0.2) is 12.8 Å². The van der Waals surface area contributed by atoms with Crippen LogP contribution in [0, 0.1) is 0 Å². The summed E-state index contributed by atoms with van der Waals surface area (Å²) in [6.07, 6.45) is 5.11. The van der Waals surface area contributed by atoms with Gasteiger partial charge < -0.3 is 5.32 Å². The van der Waals surface area contributed by atoms with Crippen LogP contribution >= 0.6 is 23.1 Å². The van der Waals surface area contributed by atoms with Gasteiger partial charge in [0.05, 0.1) is 6.04 Å². The molecule has 1 aromatic carbocycles. The lowest BCUT2D eigenvalue weighted by atomic mass is 10.00. The van der Waals surface area contributed by atoms with Crippen LogP contribution in [0.1, 0.15) is 44.5 Å². The van der Waals surface area contributed by atoms with Gasteiger partial charge >= 0.3 is 0 Å². The van der Waals surface area contributed by atoms with Crippen LogP contribution in [-0.2, 0) is 25.0 Å². The summed E-state index contributed by atoms with van der Waals surface area (Å²) in [4.78, 5) is 3.10. The van der Waals surface area contributed by atoms with Crippen molar-refractivity contribution in [2.24, 2.45) is 0 Å². The molecule has 2 heterocycles. The SMILES string of the molecule is CNC(c1ccc2c(c1)CCC2)c1cc2c(s1)CCSC2. The van der Waals surface area contributed by atoms with Gasteiger partial charge in [0.1, 0.15) is 0 Å². The summed E-state index contributed by atoms with van der Waals surface area (Å²) < 4.78 is 0. The van der Waals surface area contributed by atoms with Crippen molar-refractivity contribution in [3.05, 3.63) is 56.3 Å². The van der Waals surface area contributed by atoms with Gasteiger partial charge in [0, 0.05) is 15.5 Å². The van der Waals surface area contributed by atoms with Crippen molar-refractivity contribution < 1.29 is 0 Å². The average Bonchev–Trinajstić information content (AvgIpc) is 3.13. The first-order valence-electron chi connectivity index (χ1n) is 7.83. The zero-order valence-corrected chi connectivity index (χ0v) is 14.1. The predicted octanol–water partition coefficient (Wildman–Crippen LogP) is 4.33. The van der Waals surface area contributed by atoms with Gasteiger partial charge in [0.25, 0.3) is 0 Å². The van der Waals surface area contributed by atoms with Crippen LogP contribution in [0.3, 0.4) is 0 Å². The maximum atomic E-state index is 3.54. The second-order valence-electron chi connectivity index (χ2n) is 6.00. The van der Waals surface area contributed by atoms with Gasteiger partial charge in [-0.1, -0.05) is 18.2 Å². The van der Waals surface area contributed by atoms with Gasteiger partial charge in [-0.05, 0) is 66.8 Å². The largest absolute Gasteiger partial charge is 0.309 e. The van der Waals surface area contributed by atoms with Crippen LogP contribution in [0.4, 0.5) is 0 Å². The second kappa shape index (κ2) is 5.79. The maximum absolute atomic E-state index is 3.54. The Balaban J connectivity index is 1.69. The van der Waals surface area contributed by atoms with Crippen molar-refractivity contribution >= 4 is 23.1 Å². The van der Waals surface area contributed by atoms with Crippen LogP contribution in [0.2, 0.25) is 0 Å². The Hall–Kier alpha value is -0.770. The fourth-order valence-electron chi connectivity index (χ4n) is 3.56. The molecular weight excluding hydrogens is 294 g/mol. The van der Waals surface area contributed by atoms with Crippen LogP contribution < -0.4 is 5.32 Å². The highest BCUT2D eigenvalue weighted by molar-refractivity contribution is 7.98. The highest BCUT2D eigenvalue weighted by Crippen LogP contribution is 2.37. The van der Waals surface area contributed by atoms with Gasteiger partial charge in [-0.15, -0.1) is 11.3 Å². The highest BCUT2D eigenvalue weighted by atomic mass is 32.2. The Morgan fingerprint density at radius 1 is 1.05 bits per heavy atom. The van der Waals surface area contributed by atoms with E-state index in [2.05, 4.69) is 48.4 Å². The van der Waals surface area contributed by atoms with Gasteiger partial charge in [0.15, 0.2) is 0 Å². The van der Waals surface area contributed by atoms with Crippen molar-refractivity contribution in [3.8, 4) is 0 Å². The van der Waals surface area contributed by atoms with Crippen molar-refractivity contribution in [2.45, 2.75) is 37.5 Å². The molecule has 0 fully saturated rings. The molecule has 110 valence electrons. The zero-order valence-electron chi connectivity index (χ0n) is 12.4. The lowest BCUT2D eigenvalue weighted by Gasteiger charge is -2.16. The van der Waals surface area contributed by atoms with E-state index in [9.17, 15) is 0 Å². The summed E-state index contributed by atoms with van der Waals surface area (Å²) in [5, 5.41) is 3.54. The molecular formula is C18H21NS2. The first-order valence-corrected chi connectivity index (χ1v) is 9.80. The molecule has 1 N–H and O–H groups in total. The number of hydrogen-bond donors (Lipinski definition) is 1. The predicted molar refractivity (Wildman–Crippen MR) is 93.6 cm³/mol. The highest BCUT2D eigenvalue weighted by Gasteiger charge is 2.21. The second-order valence-corrected chi connectivity index (χ2v) is 8.28. The molecule has 1 aliphatic carbocycles. The van der Waals surface area contributed by atoms with Crippen LogP contribution in [0.15, 0.2) is 24.3 Å². The van der Waals surface area contributed by atoms with E-state index in [0.29, 0.717) is 6.04 Å². The Bertz CT molecular complexity index is 636. The summed E-state index contributed by atoms with van der Waals surface area (Å²) in [5.41, 5.74) is 6.15. The van der Waals surface area contributed by atoms with Gasteiger partial charge in [-0.25, -0.2) is 0 Å². The van der Waals surface area contributed by atoms with E-state index in [1.165, 1.54) is 47.6 Å². The lowest BCUT2D eigenvalue weighted by molar-refractivity contribution is 0.702. The molecule has 1 nitrogen and oxygen atoms in total. The number of nitrogens with one attached hydrogen (secondary N) is 1. The summed E-state index contributed by atoms with van der Waals surface area (Å²) >= 11 is 4.09. The first-order chi connectivity index (χ1) is 10.3. The average molecular weight is 316 g/mol. The number of hydrogen-bond acceptors (Lipinski definition) is 3. The van der Waals surface area contributed by atoms with Gasteiger partial charge in [-0.3, -0.25) is 0 Å². The molecule has 0 saturated heterocycles. The van der Waals surface area contributed by atoms with Crippen molar-refractivity contribution in [1.29, 1.82) is 0 Å². The van der Waals surface area contributed by atoms with Crippen LogP contribution in [0.25, 0.3) is 0 Å². The number of fused-ring (bicyclic) bond motifs is 2. The minimum atomic E-state index is 0.358. The molecule has 4 rings (SSSR count). The third-order valence-electron chi connectivity index (χ3n) is 4.68. The molecule has 0 saturated carbocycles. The van der Waals surface area contributed by atoms with E-state index >= 15 is 0 Å². The van der Waals surface area contributed by atoms with Crippen molar-refractivity contribution in [2.75, 3.05) is 12.8 Å². The number of thiophene rings is 1. The molecule has 0 spiro atoms. The van der Waals surface area contributed by atoms with E-state index in [-0.39, 0.29) is 0 Å². The summed E-state index contributed by atoms with van der Waals surface area (Å²) in [7, 11) is 2.09. The summed E-state index contributed by atoms with van der Waals surface area (Å²) in [5.74, 6) is 2.49. The molecule has 3 heteroatoms. The van der Waals surface area contributed by atoms with E-state index < -0.39 is 0 Å². The third-order valence-corrected chi connectivity index (χ3v) is 6.99. The normalized spacial score (nSPS) is 18.3. The molecule has 1 atom stereocenters. The molecule has 2 aliphatic rings. The molecule has 1 aliphatic heterocycles. The fourth-order valence-corrected chi connectivity index (χ4v) is 6.07. The molecule has 21 heavy (non-hydrogen) atoms. The van der Waals surface area contributed by atoms with E-state index in [0.717, 1.165) is 0 Å². The lowest BCUT2D eigenvalue weighted by Crippen LogP contribution is -2.16. The minimum Gasteiger partial charge on any atom is -0.309 e. The molecule has 0 bridgehead atoms. The van der Waals surface area contributed by atoms with Crippen molar-refractivity contribution in [1.82, 2.24) is 5.32 Å².